The van der Waals surface area contributed by atoms with Crippen molar-refractivity contribution >= 4 is 17.7 Å². The average Bonchev–Trinajstić information content (AvgIpc) is 3.27. The van der Waals surface area contributed by atoms with Crippen LogP contribution in [0, 0.1) is 5.41 Å². The molecule has 28 heavy (non-hydrogen) atoms. The van der Waals surface area contributed by atoms with Gasteiger partial charge in [-0.15, -0.1) is 0 Å². The summed E-state index contributed by atoms with van der Waals surface area (Å²) < 4.78 is 10.7. The van der Waals surface area contributed by atoms with Gasteiger partial charge in [0.1, 0.15) is 11.3 Å². The van der Waals surface area contributed by atoms with Crippen molar-refractivity contribution in [3.8, 4) is 0 Å². The first kappa shape index (κ1) is 22.5. The Hall–Kier alpha value is -1.83. The molecule has 8 nitrogen and oxygen atoms in total. The first-order valence-corrected chi connectivity index (χ1v) is 10.3. The summed E-state index contributed by atoms with van der Waals surface area (Å²) >= 11 is 0. The maximum Gasteiger partial charge on any atom is 0.407 e. The molecule has 1 aliphatic carbocycles. The number of nitrogens with one attached hydrogen (secondary N) is 2. The summed E-state index contributed by atoms with van der Waals surface area (Å²) in [6, 6.07) is 0. The molecular formula is C20H35N3O5. The molecule has 2 amide bonds. The number of amides is 2. The van der Waals surface area contributed by atoms with Crippen LogP contribution in [-0.2, 0) is 19.1 Å². The highest BCUT2D eigenvalue weighted by Gasteiger charge is 2.35. The Bertz CT molecular complexity index is 565. The van der Waals surface area contributed by atoms with Crippen LogP contribution in [0.1, 0.15) is 66.2 Å². The topological polar surface area (TPSA) is 98.3 Å². The summed E-state index contributed by atoms with van der Waals surface area (Å²) in [5, 5.41) is 9.58. The van der Waals surface area contributed by atoms with Gasteiger partial charge in [-0.1, -0.05) is 18.0 Å². The van der Waals surface area contributed by atoms with Crippen LogP contribution in [0.25, 0.3) is 0 Å². The van der Waals surface area contributed by atoms with Gasteiger partial charge < -0.3 is 24.9 Å². The van der Waals surface area contributed by atoms with Crippen LogP contribution in [0.15, 0.2) is 5.16 Å². The van der Waals surface area contributed by atoms with Crippen LogP contribution in [0.3, 0.4) is 0 Å². The second-order valence-corrected chi connectivity index (χ2v) is 8.69. The van der Waals surface area contributed by atoms with E-state index in [1.807, 2.05) is 6.92 Å². The Kier molecular flexibility index (Phi) is 8.10. The fraction of sp³-hybridized carbons (Fsp3) is 0.850. The highest BCUT2D eigenvalue weighted by atomic mass is 16.6. The van der Waals surface area contributed by atoms with E-state index in [0.29, 0.717) is 18.7 Å². The van der Waals surface area contributed by atoms with Crippen LogP contribution in [0.5, 0.6) is 0 Å². The predicted octanol–water partition coefficient (Wildman–Crippen LogP) is 2.76. The van der Waals surface area contributed by atoms with Gasteiger partial charge in [0.25, 0.3) is 5.91 Å². The van der Waals surface area contributed by atoms with E-state index in [1.165, 1.54) is 12.8 Å². The number of hydrogen-bond donors (Lipinski definition) is 2. The van der Waals surface area contributed by atoms with Gasteiger partial charge in [0.05, 0.1) is 6.54 Å². The van der Waals surface area contributed by atoms with Crippen LogP contribution in [0.4, 0.5) is 4.79 Å². The molecule has 8 heteroatoms. The van der Waals surface area contributed by atoms with Crippen molar-refractivity contribution in [3.05, 3.63) is 0 Å². The van der Waals surface area contributed by atoms with Crippen molar-refractivity contribution in [2.24, 2.45) is 10.6 Å². The Labute approximate surface area is 167 Å². The van der Waals surface area contributed by atoms with Gasteiger partial charge in [-0.3, -0.25) is 4.79 Å². The normalized spacial score (nSPS) is 21.0. The average molecular weight is 398 g/mol. The summed E-state index contributed by atoms with van der Waals surface area (Å²) in [6.07, 6.45) is 5.10. The van der Waals surface area contributed by atoms with Crippen molar-refractivity contribution in [3.63, 3.8) is 0 Å². The van der Waals surface area contributed by atoms with E-state index in [4.69, 9.17) is 14.3 Å². The van der Waals surface area contributed by atoms with Crippen LogP contribution < -0.4 is 10.6 Å². The van der Waals surface area contributed by atoms with Gasteiger partial charge in [-0.25, -0.2) is 4.79 Å². The van der Waals surface area contributed by atoms with Crippen LogP contribution in [-0.4, -0.2) is 55.7 Å². The number of hydrogen-bond acceptors (Lipinski definition) is 6. The molecule has 0 radical (unpaired) electrons. The van der Waals surface area contributed by atoms with Crippen molar-refractivity contribution in [1.82, 2.24) is 10.6 Å². The maximum atomic E-state index is 12.5. The van der Waals surface area contributed by atoms with Crippen molar-refractivity contribution in [2.75, 3.05) is 26.3 Å². The van der Waals surface area contributed by atoms with E-state index in [-0.39, 0.29) is 24.0 Å². The van der Waals surface area contributed by atoms with E-state index >= 15 is 0 Å². The Balaban J connectivity index is 1.72. The molecule has 0 aromatic heterocycles. The second-order valence-electron chi connectivity index (χ2n) is 8.69. The van der Waals surface area contributed by atoms with E-state index in [0.717, 1.165) is 32.5 Å². The molecule has 160 valence electrons. The van der Waals surface area contributed by atoms with E-state index < -0.39 is 11.7 Å². The summed E-state index contributed by atoms with van der Waals surface area (Å²) in [6.45, 7) is 9.73. The van der Waals surface area contributed by atoms with E-state index in [2.05, 4.69) is 15.8 Å². The largest absolute Gasteiger partial charge is 0.444 e. The molecule has 1 aliphatic heterocycles. The molecule has 0 aromatic rings. The molecule has 0 aromatic carbocycles. The van der Waals surface area contributed by atoms with Crippen molar-refractivity contribution in [1.29, 1.82) is 0 Å². The minimum absolute atomic E-state index is 0.128. The minimum atomic E-state index is -0.555. The van der Waals surface area contributed by atoms with Gasteiger partial charge in [0, 0.05) is 26.2 Å². The first-order chi connectivity index (χ1) is 13.2. The lowest BCUT2D eigenvalue weighted by Gasteiger charge is -2.29. The van der Waals surface area contributed by atoms with Gasteiger partial charge in [-0.2, -0.15) is 0 Å². The predicted molar refractivity (Wildman–Crippen MR) is 106 cm³/mol. The second kappa shape index (κ2) is 10.1. The zero-order valence-electron chi connectivity index (χ0n) is 17.6. The molecule has 2 rings (SSSR count). The number of rotatable bonds is 9. The fourth-order valence-electron chi connectivity index (χ4n) is 3.63. The van der Waals surface area contributed by atoms with Crippen LogP contribution in [0.2, 0.25) is 0 Å². The standard InChI is InChI=1S/C20H35N3O5/c1-5-26-11-10-20(8-6-7-9-20)14-22-17(24)16-12-15(28-23-16)13-21-18(25)27-19(2,3)4/h15H,5-14H2,1-4H3,(H,21,25)(H,22,24). The molecule has 2 aliphatic rings. The van der Waals surface area contributed by atoms with Gasteiger partial charge in [0.2, 0.25) is 0 Å². The number of carbonyl (C=O) groups is 2. The van der Waals surface area contributed by atoms with Crippen molar-refractivity contribution in [2.45, 2.75) is 77.9 Å². The molecule has 1 unspecified atom stereocenters. The van der Waals surface area contributed by atoms with E-state index in [1.54, 1.807) is 20.8 Å². The third-order valence-electron chi connectivity index (χ3n) is 5.14. The zero-order valence-corrected chi connectivity index (χ0v) is 17.6. The zero-order chi connectivity index (χ0) is 20.6. The summed E-state index contributed by atoms with van der Waals surface area (Å²) in [4.78, 5) is 29.5. The smallest absolute Gasteiger partial charge is 0.407 e. The number of alkyl carbamates (subject to hydrolysis) is 1. The first-order valence-electron chi connectivity index (χ1n) is 10.3. The van der Waals surface area contributed by atoms with E-state index in [9.17, 15) is 9.59 Å². The molecule has 1 saturated carbocycles. The van der Waals surface area contributed by atoms with Gasteiger partial charge >= 0.3 is 6.09 Å². The lowest BCUT2D eigenvalue weighted by Crippen LogP contribution is -2.40. The third kappa shape index (κ3) is 7.30. The number of nitrogens with zero attached hydrogens (tertiary/aromatic N) is 1. The highest BCUT2D eigenvalue weighted by Crippen LogP contribution is 2.40. The summed E-state index contributed by atoms with van der Waals surface area (Å²) in [7, 11) is 0. The lowest BCUT2D eigenvalue weighted by atomic mass is 9.83. The maximum absolute atomic E-state index is 12.5. The Morgan fingerprint density at radius 2 is 1.96 bits per heavy atom. The molecule has 0 bridgehead atoms. The van der Waals surface area contributed by atoms with Crippen LogP contribution >= 0.6 is 0 Å². The lowest BCUT2D eigenvalue weighted by molar-refractivity contribution is -0.115. The number of carbonyl (C=O) groups excluding carboxylic acids is 2. The number of oxime groups is 1. The van der Waals surface area contributed by atoms with Crippen molar-refractivity contribution < 1.29 is 23.9 Å². The Morgan fingerprint density at radius 3 is 2.61 bits per heavy atom. The Morgan fingerprint density at radius 1 is 1.25 bits per heavy atom. The highest BCUT2D eigenvalue weighted by molar-refractivity contribution is 6.39. The molecular weight excluding hydrogens is 362 g/mol. The summed E-state index contributed by atoms with van der Waals surface area (Å²) in [5.74, 6) is -0.192. The van der Waals surface area contributed by atoms with Gasteiger partial charge in [0.15, 0.2) is 6.10 Å². The molecule has 0 saturated heterocycles. The summed E-state index contributed by atoms with van der Waals surface area (Å²) in [5.41, 5.74) is -0.0581. The number of ether oxygens (including phenoxy) is 2. The SMILES string of the molecule is CCOCCC1(CNC(=O)C2=NOC(CNC(=O)OC(C)(C)C)C2)CCCC1. The third-order valence-corrected chi connectivity index (χ3v) is 5.14. The fourth-order valence-corrected chi connectivity index (χ4v) is 3.63. The molecule has 1 atom stereocenters. The molecule has 1 heterocycles. The van der Waals surface area contributed by atoms with Gasteiger partial charge in [-0.05, 0) is 52.4 Å². The molecule has 2 N–H and O–H groups in total. The quantitative estimate of drug-likeness (QED) is 0.583. The monoisotopic (exact) mass is 397 g/mol. The molecule has 1 fully saturated rings. The minimum Gasteiger partial charge on any atom is -0.444 e. The molecule has 0 spiro atoms.